The fourth-order valence-electron chi connectivity index (χ4n) is 3.09. The first-order chi connectivity index (χ1) is 10.1. The maximum absolute atomic E-state index is 12.5. The van der Waals surface area contributed by atoms with Gasteiger partial charge in [-0.2, -0.15) is 11.8 Å². The van der Waals surface area contributed by atoms with E-state index in [0.29, 0.717) is 5.92 Å². The molecule has 1 heterocycles. The smallest absolute Gasteiger partial charge is 0.239 e. The summed E-state index contributed by atoms with van der Waals surface area (Å²) in [6, 6.07) is 10.5. The Hall–Kier alpha value is -1.00. The summed E-state index contributed by atoms with van der Waals surface area (Å²) < 4.78 is 0. The van der Waals surface area contributed by atoms with Gasteiger partial charge in [0.25, 0.3) is 0 Å². The van der Waals surface area contributed by atoms with Crippen molar-refractivity contribution in [3.05, 3.63) is 35.9 Å². The van der Waals surface area contributed by atoms with Crippen LogP contribution in [0.2, 0.25) is 0 Å². The molecule has 2 N–H and O–H groups in total. The molecule has 1 aromatic rings. The summed E-state index contributed by atoms with van der Waals surface area (Å²) in [5.74, 6) is 1.62. The molecule has 1 saturated heterocycles. The third kappa shape index (κ3) is 4.24. The predicted octanol–water partition coefficient (Wildman–Crippen LogP) is 2.55. The van der Waals surface area contributed by atoms with Gasteiger partial charge in [0.05, 0.1) is 6.04 Å². The number of benzene rings is 1. The molecule has 2 rings (SSSR count). The van der Waals surface area contributed by atoms with Gasteiger partial charge >= 0.3 is 0 Å². The van der Waals surface area contributed by atoms with Crippen LogP contribution in [0, 0.1) is 5.92 Å². The van der Waals surface area contributed by atoms with Gasteiger partial charge in [-0.15, -0.1) is 0 Å². The minimum atomic E-state index is -0.338. The fraction of sp³-hybridized carbons (Fsp3) is 0.588. The molecule has 116 valence electrons. The summed E-state index contributed by atoms with van der Waals surface area (Å²) in [5.41, 5.74) is 7.40. The fourth-order valence-corrected chi connectivity index (χ4v) is 3.58. The number of carbonyl (C=O) groups excluding carboxylic acids is 1. The molecule has 1 aromatic carbocycles. The van der Waals surface area contributed by atoms with Crippen molar-refractivity contribution in [2.45, 2.75) is 38.3 Å². The summed E-state index contributed by atoms with van der Waals surface area (Å²) in [4.78, 5) is 14.4. The number of amides is 1. The van der Waals surface area contributed by atoms with Crippen LogP contribution >= 0.6 is 11.8 Å². The van der Waals surface area contributed by atoms with Crippen molar-refractivity contribution in [2.75, 3.05) is 18.6 Å². The largest absolute Gasteiger partial charge is 0.338 e. The highest BCUT2D eigenvalue weighted by molar-refractivity contribution is 7.98. The molecule has 1 aliphatic heterocycles. The summed E-state index contributed by atoms with van der Waals surface area (Å²) in [5, 5.41) is 0. The van der Waals surface area contributed by atoms with Gasteiger partial charge in [0, 0.05) is 12.6 Å². The van der Waals surface area contributed by atoms with Crippen molar-refractivity contribution in [1.29, 1.82) is 0 Å². The van der Waals surface area contributed by atoms with Gasteiger partial charge in [-0.25, -0.2) is 0 Å². The Morgan fingerprint density at radius 2 is 2.14 bits per heavy atom. The van der Waals surface area contributed by atoms with E-state index in [2.05, 4.69) is 31.2 Å². The Balaban J connectivity index is 1.91. The molecule has 3 nitrogen and oxygen atoms in total. The molecule has 21 heavy (non-hydrogen) atoms. The first kappa shape index (κ1) is 16.4. The normalized spacial score (nSPS) is 23.3. The first-order valence-electron chi connectivity index (χ1n) is 7.72. The minimum Gasteiger partial charge on any atom is -0.338 e. The molecule has 3 atom stereocenters. The van der Waals surface area contributed by atoms with Crippen LogP contribution in [0.3, 0.4) is 0 Å². The van der Waals surface area contributed by atoms with Gasteiger partial charge in [-0.1, -0.05) is 30.3 Å². The van der Waals surface area contributed by atoms with Crippen molar-refractivity contribution in [1.82, 2.24) is 4.90 Å². The summed E-state index contributed by atoms with van der Waals surface area (Å²) >= 11 is 1.74. The topological polar surface area (TPSA) is 46.3 Å². The molecule has 0 aliphatic carbocycles. The molecule has 3 unspecified atom stereocenters. The summed E-state index contributed by atoms with van der Waals surface area (Å²) in [6.45, 7) is 3.02. The van der Waals surface area contributed by atoms with E-state index < -0.39 is 0 Å². The molecule has 0 aromatic heterocycles. The Labute approximate surface area is 132 Å². The number of nitrogens with two attached hydrogens (primary N) is 1. The zero-order valence-corrected chi connectivity index (χ0v) is 13.8. The number of thioether (sulfide) groups is 1. The SMILES string of the molecule is CSCCC(N)C(=O)N1CCC(Cc2ccccc2)C1C. The number of hydrogen-bond acceptors (Lipinski definition) is 3. The van der Waals surface area contributed by atoms with Crippen molar-refractivity contribution >= 4 is 17.7 Å². The minimum absolute atomic E-state index is 0.132. The van der Waals surface area contributed by atoms with Gasteiger partial charge in [0.1, 0.15) is 0 Å². The predicted molar refractivity (Wildman–Crippen MR) is 90.4 cm³/mol. The molecule has 4 heteroatoms. The van der Waals surface area contributed by atoms with Crippen LogP contribution in [-0.4, -0.2) is 41.4 Å². The molecule has 0 saturated carbocycles. The van der Waals surface area contributed by atoms with Crippen molar-refractivity contribution in [3.8, 4) is 0 Å². The Kier molecular flexibility index (Phi) is 6.12. The van der Waals surface area contributed by atoms with Crippen molar-refractivity contribution in [2.24, 2.45) is 11.7 Å². The molecule has 0 radical (unpaired) electrons. The number of nitrogens with zero attached hydrogens (tertiary/aromatic N) is 1. The Bertz CT molecular complexity index is 451. The molecule has 1 aliphatic rings. The second kappa shape index (κ2) is 7.85. The highest BCUT2D eigenvalue weighted by Crippen LogP contribution is 2.28. The van der Waals surface area contributed by atoms with Crippen molar-refractivity contribution < 1.29 is 4.79 Å². The van der Waals surface area contributed by atoms with E-state index in [4.69, 9.17) is 5.73 Å². The van der Waals surface area contributed by atoms with Crippen LogP contribution in [0.5, 0.6) is 0 Å². The van der Waals surface area contributed by atoms with Gasteiger partial charge in [-0.05, 0) is 49.7 Å². The number of rotatable bonds is 6. The third-order valence-electron chi connectivity index (χ3n) is 4.49. The summed E-state index contributed by atoms with van der Waals surface area (Å²) in [6.07, 6.45) is 4.95. The van der Waals surface area contributed by atoms with E-state index in [9.17, 15) is 4.79 Å². The van der Waals surface area contributed by atoms with Gasteiger partial charge in [0.15, 0.2) is 0 Å². The number of likely N-dealkylation sites (tertiary alicyclic amines) is 1. The second-order valence-electron chi connectivity index (χ2n) is 5.90. The van der Waals surface area contributed by atoms with E-state index >= 15 is 0 Å². The molecule has 1 fully saturated rings. The molecular weight excluding hydrogens is 280 g/mol. The van der Waals surface area contributed by atoms with E-state index in [1.807, 2.05) is 17.2 Å². The van der Waals surface area contributed by atoms with Crippen LogP contribution < -0.4 is 5.73 Å². The summed E-state index contributed by atoms with van der Waals surface area (Å²) in [7, 11) is 0. The lowest BCUT2D eigenvalue weighted by molar-refractivity contribution is -0.133. The highest BCUT2D eigenvalue weighted by Gasteiger charge is 2.35. The second-order valence-corrected chi connectivity index (χ2v) is 6.88. The van der Waals surface area contributed by atoms with E-state index in [-0.39, 0.29) is 18.0 Å². The molecule has 1 amide bonds. The van der Waals surface area contributed by atoms with Crippen LogP contribution in [0.15, 0.2) is 30.3 Å². The van der Waals surface area contributed by atoms with E-state index in [1.165, 1.54) is 5.56 Å². The lowest BCUT2D eigenvalue weighted by atomic mass is 9.93. The lowest BCUT2D eigenvalue weighted by Gasteiger charge is -2.27. The monoisotopic (exact) mass is 306 g/mol. The zero-order valence-electron chi connectivity index (χ0n) is 13.0. The number of carbonyl (C=O) groups is 1. The maximum Gasteiger partial charge on any atom is 0.239 e. The van der Waals surface area contributed by atoms with Crippen LogP contribution in [-0.2, 0) is 11.2 Å². The Morgan fingerprint density at radius 1 is 1.43 bits per heavy atom. The first-order valence-corrected chi connectivity index (χ1v) is 9.11. The van der Waals surface area contributed by atoms with Gasteiger partial charge in [0.2, 0.25) is 5.91 Å². The highest BCUT2D eigenvalue weighted by atomic mass is 32.2. The average molecular weight is 306 g/mol. The quantitative estimate of drug-likeness (QED) is 0.878. The zero-order chi connectivity index (χ0) is 15.2. The lowest BCUT2D eigenvalue weighted by Crippen LogP contribution is -2.46. The standard InChI is InChI=1S/C17H26N2OS/c1-13-15(12-14-6-4-3-5-7-14)8-10-19(13)17(20)16(18)9-11-21-2/h3-7,13,15-16H,8-12,18H2,1-2H3. The van der Waals surface area contributed by atoms with Crippen LogP contribution in [0.4, 0.5) is 0 Å². The van der Waals surface area contributed by atoms with E-state index in [0.717, 1.165) is 31.6 Å². The van der Waals surface area contributed by atoms with Crippen LogP contribution in [0.1, 0.15) is 25.3 Å². The molecular formula is C17H26N2OS. The van der Waals surface area contributed by atoms with Crippen molar-refractivity contribution in [3.63, 3.8) is 0 Å². The molecule has 0 bridgehead atoms. The number of hydrogen-bond donors (Lipinski definition) is 1. The average Bonchev–Trinajstić information content (AvgIpc) is 2.86. The van der Waals surface area contributed by atoms with Crippen LogP contribution in [0.25, 0.3) is 0 Å². The Morgan fingerprint density at radius 3 is 2.81 bits per heavy atom. The van der Waals surface area contributed by atoms with E-state index in [1.54, 1.807) is 11.8 Å². The van der Waals surface area contributed by atoms with Gasteiger partial charge in [-0.3, -0.25) is 4.79 Å². The maximum atomic E-state index is 12.5. The third-order valence-corrected chi connectivity index (χ3v) is 5.13. The van der Waals surface area contributed by atoms with Gasteiger partial charge < -0.3 is 10.6 Å². The molecule has 0 spiro atoms.